The summed E-state index contributed by atoms with van der Waals surface area (Å²) in [4.78, 5) is 56.6. The summed E-state index contributed by atoms with van der Waals surface area (Å²) < 4.78 is 27.8. The molecule has 0 radical (unpaired) electrons. The zero-order valence-electron chi connectivity index (χ0n) is 30.9. The molecule has 0 aliphatic heterocycles. The number of alkyl halides is 1. The SMILES string of the molecule is C=CCOc1ccc(CC(C(=C)N(Cc2cc(CBr)cc(C(=O)OC)c2)C(=O)OC(C)(C)C)N(C(=O)OC(C)(C)C)C(=O)OC(C)(C)C)cc1. The quantitative estimate of drug-likeness (QED) is 0.0904. The average molecular weight is 760 g/mol. The largest absolute Gasteiger partial charge is 0.490 e. The van der Waals surface area contributed by atoms with E-state index in [9.17, 15) is 19.2 Å². The van der Waals surface area contributed by atoms with Crippen molar-refractivity contribution in [3.05, 3.63) is 89.6 Å². The second-order valence-corrected chi connectivity index (χ2v) is 15.1. The van der Waals surface area contributed by atoms with Crippen LogP contribution in [0.2, 0.25) is 0 Å². The van der Waals surface area contributed by atoms with Crippen molar-refractivity contribution in [1.82, 2.24) is 9.80 Å². The highest BCUT2D eigenvalue weighted by Crippen LogP contribution is 2.28. The van der Waals surface area contributed by atoms with E-state index in [0.717, 1.165) is 10.5 Å². The van der Waals surface area contributed by atoms with Crippen LogP contribution in [0, 0.1) is 0 Å². The zero-order valence-corrected chi connectivity index (χ0v) is 32.5. The highest BCUT2D eigenvalue weighted by atomic mass is 79.9. The molecular formula is C38H51BrN2O9. The van der Waals surface area contributed by atoms with Crippen LogP contribution in [0.4, 0.5) is 14.4 Å². The number of ether oxygens (including phenoxy) is 5. The first-order valence-electron chi connectivity index (χ1n) is 16.1. The second kappa shape index (κ2) is 17.6. The van der Waals surface area contributed by atoms with Crippen molar-refractivity contribution in [2.45, 2.75) is 103 Å². The molecule has 0 fully saturated rings. The van der Waals surface area contributed by atoms with Gasteiger partial charge in [-0.15, -0.1) is 0 Å². The lowest BCUT2D eigenvalue weighted by Gasteiger charge is -2.38. The van der Waals surface area contributed by atoms with Gasteiger partial charge in [-0.1, -0.05) is 53.4 Å². The average Bonchev–Trinajstić information content (AvgIpc) is 2.99. The first-order valence-corrected chi connectivity index (χ1v) is 17.2. The van der Waals surface area contributed by atoms with Crippen LogP contribution in [-0.4, -0.2) is 70.6 Å². The van der Waals surface area contributed by atoms with Gasteiger partial charge in [-0.25, -0.2) is 24.1 Å². The lowest BCUT2D eigenvalue weighted by atomic mass is 10.0. The summed E-state index contributed by atoms with van der Waals surface area (Å²) in [6.45, 7) is 23.3. The molecule has 2 aromatic carbocycles. The van der Waals surface area contributed by atoms with Gasteiger partial charge in [0, 0.05) is 11.0 Å². The number of imide groups is 1. The van der Waals surface area contributed by atoms with Crippen molar-refractivity contribution >= 4 is 40.2 Å². The number of hydrogen-bond acceptors (Lipinski definition) is 9. The van der Waals surface area contributed by atoms with Crippen LogP contribution in [0.25, 0.3) is 0 Å². The van der Waals surface area contributed by atoms with Crippen molar-refractivity contribution in [3.8, 4) is 5.75 Å². The Morgan fingerprint density at radius 1 is 0.780 bits per heavy atom. The van der Waals surface area contributed by atoms with Gasteiger partial charge in [0.1, 0.15) is 29.2 Å². The predicted molar refractivity (Wildman–Crippen MR) is 195 cm³/mol. The van der Waals surface area contributed by atoms with Gasteiger partial charge >= 0.3 is 24.2 Å². The van der Waals surface area contributed by atoms with Crippen molar-refractivity contribution < 1.29 is 42.9 Å². The monoisotopic (exact) mass is 758 g/mol. The minimum Gasteiger partial charge on any atom is -0.490 e. The van der Waals surface area contributed by atoms with Crippen LogP contribution >= 0.6 is 15.9 Å². The van der Waals surface area contributed by atoms with E-state index < -0.39 is 47.1 Å². The zero-order chi connectivity index (χ0) is 38.0. The van der Waals surface area contributed by atoms with Gasteiger partial charge in [0.05, 0.1) is 25.3 Å². The van der Waals surface area contributed by atoms with Crippen molar-refractivity contribution in [2.75, 3.05) is 13.7 Å². The fourth-order valence-electron chi connectivity index (χ4n) is 4.54. The van der Waals surface area contributed by atoms with E-state index in [-0.39, 0.29) is 24.2 Å². The molecule has 50 heavy (non-hydrogen) atoms. The number of carbonyl (C=O) groups is 4. The number of esters is 1. The van der Waals surface area contributed by atoms with E-state index in [1.807, 2.05) is 6.07 Å². The third-order valence-electron chi connectivity index (χ3n) is 6.53. The summed E-state index contributed by atoms with van der Waals surface area (Å²) in [5.74, 6) is 0.0275. The molecule has 0 aromatic heterocycles. The van der Waals surface area contributed by atoms with Crippen LogP contribution in [0.15, 0.2) is 67.4 Å². The third-order valence-corrected chi connectivity index (χ3v) is 7.17. The molecule has 2 aromatic rings. The van der Waals surface area contributed by atoms with Gasteiger partial charge in [0.25, 0.3) is 0 Å². The minimum atomic E-state index is -1.22. The fourth-order valence-corrected chi connectivity index (χ4v) is 4.86. The second-order valence-electron chi connectivity index (χ2n) is 14.5. The van der Waals surface area contributed by atoms with Gasteiger partial charge in [0.15, 0.2) is 0 Å². The maximum atomic E-state index is 14.0. The number of rotatable bonds is 12. The standard InChI is InChI=1S/C38H51BrN2O9/c1-13-18-47-30-16-14-26(15-17-30)22-31(41(34(44)49-37(6,7)8)35(45)50-38(9,10)11)25(2)40(33(43)48-36(3,4)5)24-28-19-27(23-39)20-29(21-28)32(42)46-12/h13-17,19-21,31H,1-2,18,22-24H2,3-12H3. The van der Waals surface area contributed by atoms with Crippen LogP contribution in [0.1, 0.15) is 89.4 Å². The van der Waals surface area contributed by atoms with Gasteiger partial charge < -0.3 is 23.7 Å². The summed E-state index contributed by atoms with van der Waals surface area (Å²) >= 11 is 3.44. The van der Waals surface area contributed by atoms with Crippen LogP contribution in [0.5, 0.6) is 5.75 Å². The van der Waals surface area contributed by atoms with Crippen molar-refractivity contribution in [1.29, 1.82) is 0 Å². The van der Waals surface area contributed by atoms with Crippen molar-refractivity contribution in [3.63, 3.8) is 0 Å². The third kappa shape index (κ3) is 13.5. The van der Waals surface area contributed by atoms with E-state index in [0.29, 0.717) is 28.8 Å². The van der Waals surface area contributed by atoms with Gasteiger partial charge in [-0.2, -0.15) is 0 Å². The van der Waals surface area contributed by atoms with E-state index in [4.69, 9.17) is 23.7 Å². The predicted octanol–water partition coefficient (Wildman–Crippen LogP) is 8.97. The summed E-state index contributed by atoms with van der Waals surface area (Å²) in [7, 11) is 1.28. The lowest BCUT2D eigenvalue weighted by molar-refractivity contribution is -0.00904. The molecule has 0 aliphatic carbocycles. The number of carbonyl (C=O) groups excluding carboxylic acids is 4. The van der Waals surface area contributed by atoms with E-state index in [1.54, 1.807) is 105 Å². The van der Waals surface area contributed by atoms with Gasteiger partial charge in [-0.3, -0.25) is 4.90 Å². The molecule has 0 saturated heterocycles. The molecule has 1 atom stereocenters. The van der Waals surface area contributed by atoms with Crippen LogP contribution < -0.4 is 4.74 Å². The summed E-state index contributed by atoms with van der Waals surface area (Å²) in [5.41, 5.74) is -0.623. The molecule has 3 amide bonds. The molecule has 11 nitrogen and oxygen atoms in total. The highest BCUT2D eigenvalue weighted by molar-refractivity contribution is 9.08. The molecule has 12 heteroatoms. The molecule has 0 heterocycles. The van der Waals surface area contributed by atoms with E-state index >= 15 is 0 Å². The van der Waals surface area contributed by atoms with Gasteiger partial charge in [0.2, 0.25) is 0 Å². The lowest BCUT2D eigenvalue weighted by Crippen LogP contribution is -2.53. The Hall–Kier alpha value is -4.32. The molecular weight excluding hydrogens is 708 g/mol. The topological polar surface area (TPSA) is 121 Å². The highest BCUT2D eigenvalue weighted by Gasteiger charge is 2.41. The number of hydrogen-bond donors (Lipinski definition) is 0. The van der Waals surface area contributed by atoms with Crippen LogP contribution in [0.3, 0.4) is 0 Å². The number of nitrogens with zero attached hydrogens (tertiary/aromatic N) is 2. The Balaban J connectivity index is 2.83. The Morgan fingerprint density at radius 3 is 1.74 bits per heavy atom. The summed E-state index contributed by atoms with van der Waals surface area (Å²) in [6.07, 6.45) is -1.16. The number of halogens is 1. The summed E-state index contributed by atoms with van der Waals surface area (Å²) in [6, 6.07) is 10.9. The molecule has 0 N–H and O–H groups in total. The molecule has 0 saturated carbocycles. The Bertz CT molecular complexity index is 1510. The molecule has 0 spiro atoms. The molecule has 1 unspecified atom stereocenters. The molecule has 2 rings (SSSR count). The maximum absolute atomic E-state index is 14.0. The Labute approximate surface area is 304 Å². The van der Waals surface area contributed by atoms with E-state index in [1.165, 1.54) is 12.0 Å². The maximum Gasteiger partial charge on any atom is 0.420 e. The molecule has 274 valence electrons. The number of benzene rings is 2. The number of amides is 3. The normalized spacial score (nSPS) is 12.2. The Kier molecular flexibility index (Phi) is 14.7. The summed E-state index contributed by atoms with van der Waals surface area (Å²) in [5, 5.41) is 0.415. The molecule has 0 bridgehead atoms. The first kappa shape index (κ1) is 41.8. The smallest absolute Gasteiger partial charge is 0.420 e. The fraction of sp³-hybridized carbons (Fsp3) is 0.474. The van der Waals surface area contributed by atoms with E-state index in [2.05, 4.69) is 29.1 Å². The Morgan fingerprint density at radius 2 is 1.28 bits per heavy atom. The van der Waals surface area contributed by atoms with Crippen molar-refractivity contribution in [2.24, 2.45) is 0 Å². The van der Waals surface area contributed by atoms with Crippen LogP contribution in [-0.2, 0) is 37.2 Å². The van der Waals surface area contributed by atoms with Gasteiger partial charge in [-0.05, 0) is 110 Å². The number of methoxy groups -OCH3 is 1. The minimum absolute atomic E-state index is 0.00715. The first-order chi connectivity index (χ1) is 23.1. The molecule has 0 aliphatic rings.